The van der Waals surface area contributed by atoms with Crippen molar-refractivity contribution in [3.63, 3.8) is 0 Å². The molecule has 0 spiro atoms. The van der Waals surface area contributed by atoms with Crippen molar-refractivity contribution in [3.05, 3.63) is 35.7 Å². The van der Waals surface area contributed by atoms with Crippen molar-refractivity contribution in [3.8, 4) is 0 Å². The maximum atomic E-state index is 13.3. The van der Waals surface area contributed by atoms with Gasteiger partial charge in [0.1, 0.15) is 0 Å². The number of aromatic nitrogens is 1. The third-order valence-electron chi connectivity index (χ3n) is 8.46. The summed E-state index contributed by atoms with van der Waals surface area (Å²) in [5.41, 5.74) is 0.547. The van der Waals surface area contributed by atoms with Crippen LogP contribution in [0.4, 0.5) is 13.2 Å². The minimum atomic E-state index is -4.41. The molecule has 2 aliphatic heterocycles. The van der Waals surface area contributed by atoms with Gasteiger partial charge in [0.15, 0.2) is 0 Å². The molecule has 5 nitrogen and oxygen atoms in total. The number of nitrogens with zero attached hydrogens (tertiary/aromatic N) is 2. The van der Waals surface area contributed by atoms with Crippen LogP contribution in [0.15, 0.2) is 24.5 Å². The van der Waals surface area contributed by atoms with Crippen molar-refractivity contribution in [2.75, 3.05) is 26.3 Å². The number of pyridine rings is 1. The van der Waals surface area contributed by atoms with E-state index in [4.69, 9.17) is 4.74 Å². The van der Waals surface area contributed by atoms with Crippen LogP contribution in [0, 0.1) is 17.3 Å². The SMILES string of the molecule is CC1COCCC1NC1CC[C@@](CC(=O)N2CC=C(c3cncc(C(F)(F)F)c3)CC2)(C(C)C)C1. The number of ether oxygens (including phenoxy) is 1. The van der Waals surface area contributed by atoms with Crippen molar-refractivity contribution in [1.29, 1.82) is 0 Å². The fourth-order valence-corrected chi connectivity index (χ4v) is 5.96. The maximum Gasteiger partial charge on any atom is 0.417 e. The van der Waals surface area contributed by atoms with Gasteiger partial charge in [-0.15, -0.1) is 0 Å². The first-order chi connectivity index (χ1) is 16.6. The first-order valence-electron chi connectivity index (χ1n) is 12.9. The zero-order valence-corrected chi connectivity index (χ0v) is 21.0. The predicted octanol–water partition coefficient (Wildman–Crippen LogP) is 5.32. The zero-order chi connectivity index (χ0) is 25.2. The van der Waals surface area contributed by atoms with Crippen LogP contribution in [0.5, 0.6) is 0 Å². The fraction of sp³-hybridized carbons (Fsp3) is 0.704. The van der Waals surface area contributed by atoms with E-state index in [0.29, 0.717) is 55.4 Å². The Kier molecular flexibility index (Phi) is 7.91. The van der Waals surface area contributed by atoms with E-state index in [-0.39, 0.29) is 11.3 Å². The summed E-state index contributed by atoms with van der Waals surface area (Å²) < 4.78 is 44.7. The molecule has 4 atom stereocenters. The molecule has 1 aliphatic carbocycles. The first kappa shape index (κ1) is 26.1. The fourth-order valence-electron chi connectivity index (χ4n) is 5.96. The molecule has 1 N–H and O–H groups in total. The van der Waals surface area contributed by atoms with Crippen LogP contribution in [0.2, 0.25) is 0 Å². The van der Waals surface area contributed by atoms with Gasteiger partial charge in [-0.05, 0) is 66.6 Å². The van der Waals surface area contributed by atoms with Crippen LogP contribution in [0.3, 0.4) is 0 Å². The third-order valence-corrected chi connectivity index (χ3v) is 8.46. The molecule has 8 heteroatoms. The molecule has 1 amide bonds. The number of hydrogen-bond acceptors (Lipinski definition) is 4. The molecule has 0 aromatic carbocycles. The topological polar surface area (TPSA) is 54.5 Å². The summed E-state index contributed by atoms with van der Waals surface area (Å²) in [6.07, 6.45) is 5.01. The Hall–Kier alpha value is -1.93. The minimum absolute atomic E-state index is 0.0158. The number of nitrogens with one attached hydrogen (secondary N) is 1. The summed E-state index contributed by atoms with van der Waals surface area (Å²) in [5, 5.41) is 3.87. The highest BCUT2D eigenvalue weighted by Crippen LogP contribution is 2.48. The molecule has 1 saturated carbocycles. The van der Waals surface area contributed by atoms with Crippen molar-refractivity contribution in [1.82, 2.24) is 15.2 Å². The number of amides is 1. The minimum Gasteiger partial charge on any atom is -0.381 e. The van der Waals surface area contributed by atoms with Crippen LogP contribution < -0.4 is 5.32 Å². The van der Waals surface area contributed by atoms with Crippen LogP contribution in [0.1, 0.15) is 70.4 Å². The standard InChI is InChI=1S/C27H38F3N3O2/c1-18(2)26(8-4-23(13-26)32-24-7-11-35-17-19(24)3)14-25(34)33-9-5-20(6-10-33)21-12-22(16-31-15-21)27(28,29)30/h5,12,15-16,18-19,23-24,32H,4,6-11,13-14,17H2,1-3H3/t19?,23?,24?,26-/m1/s1. The van der Waals surface area contributed by atoms with Gasteiger partial charge in [-0.2, -0.15) is 13.2 Å². The van der Waals surface area contributed by atoms with E-state index in [0.717, 1.165) is 56.7 Å². The largest absolute Gasteiger partial charge is 0.417 e. The number of carbonyl (C=O) groups excluding carboxylic acids is 1. The van der Waals surface area contributed by atoms with Gasteiger partial charge in [0.2, 0.25) is 5.91 Å². The van der Waals surface area contributed by atoms with Gasteiger partial charge < -0.3 is 15.0 Å². The number of halogens is 3. The molecular formula is C27H38F3N3O2. The van der Waals surface area contributed by atoms with Gasteiger partial charge in [-0.25, -0.2) is 0 Å². The van der Waals surface area contributed by atoms with Crippen molar-refractivity contribution in [2.24, 2.45) is 17.3 Å². The molecule has 35 heavy (non-hydrogen) atoms. The predicted molar refractivity (Wildman–Crippen MR) is 129 cm³/mol. The molecule has 1 aromatic heterocycles. The molecule has 3 aliphatic rings. The van der Waals surface area contributed by atoms with Crippen LogP contribution in [-0.4, -0.2) is 54.2 Å². The molecule has 2 fully saturated rings. The lowest BCUT2D eigenvalue weighted by Crippen LogP contribution is -2.46. The molecule has 3 unspecified atom stereocenters. The van der Waals surface area contributed by atoms with Crippen LogP contribution in [-0.2, 0) is 15.7 Å². The van der Waals surface area contributed by atoms with Crippen molar-refractivity contribution in [2.45, 2.75) is 77.6 Å². The molecule has 0 bridgehead atoms. The number of rotatable bonds is 6. The zero-order valence-electron chi connectivity index (χ0n) is 21.0. The summed E-state index contributed by atoms with van der Waals surface area (Å²) in [6.45, 7) is 9.25. The second-order valence-corrected chi connectivity index (χ2v) is 11.0. The molecule has 0 radical (unpaired) electrons. The van der Waals surface area contributed by atoms with Gasteiger partial charge in [0, 0.05) is 50.6 Å². The Morgan fingerprint density at radius 2 is 2.11 bits per heavy atom. The van der Waals surface area contributed by atoms with E-state index in [9.17, 15) is 18.0 Å². The Morgan fingerprint density at radius 3 is 2.77 bits per heavy atom. The van der Waals surface area contributed by atoms with Crippen molar-refractivity contribution >= 4 is 11.5 Å². The summed E-state index contributed by atoms with van der Waals surface area (Å²) in [6, 6.07) is 2.05. The van der Waals surface area contributed by atoms with Gasteiger partial charge in [0.05, 0.1) is 12.2 Å². The van der Waals surface area contributed by atoms with Crippen molar-refractivity contribution < 1.29 is 22.7 Å². The van der Waals surface area contributed by atoms with E-state index < -0.39 is 11.7 Å². The number of hydrogen-bond donors (Lipinski definition) is 1. The quantitative estimate of drug-likeness (QED) is 0.583. The Labute approximate surface area is 206 Å². The summed E-state index contributed by atoms with van der Waals surface area (Å²) in [7, 11) is 0. The highest BCUT2D eigenvalue weighted by atomic mass is 19.4. The lowest BCUT2D eigenvalue weighted by Gasteiger charge is -2.37. The van der Waals surface area contributed by atoms with E-state index in [1.807, 2.05) is 11.0 Å². The molecule has 3 heterocycles. The molecule has 1 saturated heterocycles. The average Bonchev–Trinajstić information content (AvgIpc) is 3.24. The van der Waals surface area contributed by atoms with Gasteiger partial charge in [-0.1, -0.05) is 26.8 Å². The molecular weight excluding hydrogens is 455 g/mol. The summed E-state index contributed by atoms with van der Waals surface area (Å²) in [4.78, 5) is 19.0. The first-order valence-corrected chi connectivity index (χ1v) is 12.9. The van der Waals surface area contributed by atoms with Gasteiger partial charge in [-0.3, -0.25) is 9.78 Å². The second kappa shape index (κ2) is 10.6. The second-order valence-electron chi connectivity index (χ2n) is 11.0. The summed E-state index contributed by atoms with van der Waals surface area (Å²) in [5.74, 6) is 1.05. The van der Waals surface area contributed by atoms with Crippen LogP contribution >= 0.6 is 0 Å². The third kappa shape index (κ3) is 6.08. The number of carbonyl (C=O) groups is 1. The lowest BCUT2D eigenvalue weighted by molar-refractivity contribution is -0.138. The van der Waals surface area contributed by atoms with Gasteiger partial charge >= 0.3 is 6.18 Å². The van der Waals surface area contributed by atoms with Gasteiger partial charge in [0.25, 0.3) is 0 Å². The number of alkyl halides is 3. The monoisotopic (exact) mass is 493 g/mol. The Morgan fingerprint density at radius 1 is 1.31 bits per heavy atom. The molecule has 1 aromatic rings. The average molecular weight is 494 g/mol. The van der Waals surface area contributed by atoms with E-state index in [2.05, 4.69) is 31.1 Å². The normalized spacial score (nSPS) is 30.0. The molecule has 4 rings (SSSR count). The Balaban J connectivity index is 1.37. The maximum absolute atomic E-state index is 13.3. The van der Waals surface area contributed by atoms with Crippen LogP contribution in [0.25, 0.3) is 5.57 Å². The van der Waals surface area contributed by atoms with E-state index in [1.54, 1.807) is 0 Å². The highest BCUT2D eigenvalue weighted by molar-refractivity contribution is 5.79. The molecule has 194 valence electrons. The van der Waals surface area contributed by atoms with E-state index >= 15 is 0 Å². The lowest BCUT2D eigenvalue weighted by atomic mass is 9.72. The summed E-state index contributed by atoms with van der Waals surface area (Å²) >= 11 is 0. The van der Waals surface area contributed by atoms with E-state index in [1.165, 1.54) is 6.20 Å². The highest BCUT2D eigenvalue weighted by Gasteiger charge is 2.44. The Bertz CT molecular complexity index is 932. The smallest absolute Gasteiger partial charge is 0.381 e.